The fourth-order valence-corrected chi connectivity index (χ4v) is 3.82. The van der Waals surface area contributed by atoms with Crippen LogP contribution in [0.25, 0.3) is 0 Å². The van der Waals surface area contributed by atoms with Crippen LogP contribution in [0.15, 0.2) is 24.3 Å². The van der Waals surface area contributed by atoms with Crippen LogP contribution >= 0.6 is 0 Å². The highest BCUT2D eigenvalue weighted by Gasteiger charge is 2.37. The summed E-state index contributed by atoms with van der Waals surface area (Å²) >= 11 is 0. The number of rotatable bonds is 5. The average Bonchev–Trinajstić information content (AvgIpc) is 2.33. The van der Waals surface area contributed by atoms with Gasteiger partial charge in [-0.2, -0.15) is 0 Å². The highest BCUT2D eigenvalue weighted by Crippen LogP contribution is 2.28. The van der Waals surface area contributed by atoms with E-state index in [0.29, 0.717) is 6.04 Å². The lowest BCUT2D eigenvalue weighted by atomic mass is 9.79. The number of hydrogen-bond donors (Lipinski definition) is 2. The van der Waals surface area contributed by atoms with Gasteiger partial charge in [0, 0.05) is 17.1 Å². The molecule has 0 aromatic heterocycles. The van der Waals surface area contributed by atoms with Gasteiger partial charge in [0.05, 0.1) is 0 Å². The molecule has 0 amide bonds. The molecular weight excluding hydrogens is 256 g/mol. The first-order valence-electron chi connectivity index (χ1n) is 8.34. The molecule has 118 valence electrons. The predicted molar refractivity (Wildman–Crippen MR) is 91.8 cm³/mol. The monoisotopic (exact) mass is 288 g/mol. The summed E-state index contributed by atoms with van der Waals surface area (Å²) in [6.07, 6.45) is 4.81. The Hall–Kier alpha value is -0.860. The average molecular weight is 288 g/mol. The minimum atomic E-state index is 0.233. The van der Waals surface area contributed by atoms with E-state index < -0.39 is 0 Å². The van der Waals surface area contributed by atoms with Gasteiger partial charge in [-0.15, -0.1) is 0 Å². The van der Waals surface area contributed by atoms with Crippen molar-refractivity contribution in [3.63, 3.8) is 0 Å². The maximum absolute atomic E-state index is 3.77. The topological polar surface area (TPSA) is 24.1 Å². The second-order valence-corrected chi connectivity index (χ2v) is 8.04. The molecule has 1 aliphatic rings. The lowest BCUT2D eigenvalue weighted by Gasteiger charge is -2.46. The molecule has 0 unspecified atom stereocenters. The Labute approximate surface area is 130 Å². The van der Waals surface area contributed by atoms with Crippen LogP contribution in [-0.4, -0.2) is 23.7 Å². The van der Waals surface area contributed by atoms with Gasteiger partial charge in [-0.1, -0.05) is 29.8 Å². The van der Waals surface area contributed by atoms with Crippen molar-refractivity contribution in [1.29, 1.82) is 0 Å². The molecule has 1 saturated heterocycles. The van der Waals surface area contributed by atoms with E-state index in [4.69, 9.17) is 0 Å². The third kappa shape index (κ3) is 5.44. The molecule has 0 radical (unpaired) electrons. The number of hydrogen-bond acceptors (Lipinski definition) is 2. The largest absolute Gasteiger partial charge is 0.314 e. The lowest BCUT2D eigenvalue weighted by molar-refractivity contribution is 0.146. The van der Waals surface area contributed by atoms with E-state index in [9.17, 15) is 0 Å². The molecule has 1 fully saturated rings. The lowest BCUT2D eigenvalue weighted by Crippen LogP contribution is -2.61. The van der Waals surface area contributed by atoms with Crippen molar-refractivity contribution in [3.05, 3.63) is 35.4 Å². The van der Waals surface area contributed by atoms with Crippen molar-refractivity contribution in [1.82, 2.24) is 10.6 Å². The normalized spacial score (nSPS) is 21.4. The van der Waals surface area contributed by atoms with Crippen LogP contribution in [0.4, 0.5) is 0 Å². The predicted octanol–water partition coefficient (Wildman–Crippen LogP) is 3.83. The molecule has 0 bridgehead atoms. The minimum Gasteiger partial charge on any atom is -0.314 e. The van der Waals surface area contributed by atoms with Crippen molar-refractivity contribution in [3.8, 4) is 0 Å². The molecule has 1 aliphatic heterocycles. The quantitative estimate of drug-likeness (QED) is 0.805. The van der Waals surface area contributed by atoms with E-state index in [1.165, 1.54) is 36.8 Å². The molecule has 21 heavy (non-hydrogen) atoms. The summed E-state index contributed by atoms with van der Waals surface area (Å²) in [6.45, 7) is 12.5. The molecule has 2 heteroatoms. The van der Waals surface area contributed by atoms with Crippen LogP contribution in [0, 0.1) is 6.92 Å². The van der Waals surface area contributed by atoms with E-state index in [-0.39, 0.29) is 11.1 Å². The third-order valence-electron chi connectivity index (χ3n) is 4.39. The molecule has 0 saturated carbocycles. The van der Waals surface area contributed by atoms with Gasteiger partial charge in [-0.3, -0.25) is 0 Å². The van der Waals surface area contributed by atoms with Gasteiger partial charge >= 0.3 is 0 Å². The standard InChI is InChI=1S/C19H32N2/c1-15-8-10-16(11-9-15)7-6-12-20-17-13-18(2,3)21-19(4,5)14-17/h8-11,17,20-21H,6-7,12-14H2,1-5H3. The Kier molecular flexibility index (Phi) is 5.11. The van der Waals surface area contributed by atoms with Crippen molar-refractivity contribution in [2.75, 3.05) is 6.54 Å². The summed E-state index contributed by atoms with van der Waals surface area (Å²) < 4.78 is 0. The summed E-state index contributed by atoms with van der Waals surface area (Å²) in [7, 11) is 0. The van der Waals surface area contributed by atoms with Gasteiger partial charge < -0.3 is 10.6 Å². The van der Waals surface area contributed by atoms with E-state index >= 15 is 0 Å². The van der Waals surface area contributed by atoms with Gasteiger partial charge in [-0.05, 0) is 72.4 Å². The van der Waals surface area contributed by atoms with Gasteiger partial charge in [0.2, 0.25) is 0 Å². The summed E-state index contributed by atoms with van der Waals surface area (Å²) in [4.78, 5) is 0. The smallest absolute Gasteiger partial charge is 0.0144 e. The van der Waals surface area contributed by atoms with Crippen LogP contribution in [0.2, 0.25) is 0 Å². The Balaban J connectivity index is 1.74. The van der Waals surface area contributed by atoms with Gasteiger partial charge in [0.1, 0.15) is 0 Å². The highest BCUT2D eigenvalue weighted by molar-refractivity contribution is 5.21. The van der Waals surface area contributed by atoms with Crippen molar-refractivity contribution in [2.24, 2.45) is 0 Å². The Morgan fingerprint density at radius 2 is 1.62 bits per heavy atom. The maximum atomic E-state index is 3.77. The fourth-order valence-electron chi connectivity index (χ4n) is 3.82. The first kappa shape index (κ1) is 16.5. The molecule has 0 spiro atoms. The van der Waals surface area contributed by atoms with Gasteiger partial charge in [0.15, 0.2) is 0 Å². The first-order valence-corrected chi connectivity index (χ1v) is 8.34. The summed E-state index contributed by atoms with van der Waals surface area (Å²) in [6, 6.07) is 9.56. The van der Waals surface area contributed by atoms with E-state index in [1.807, 2.05) is 0 Å². The van der Waals surface area contributed by atoms with Gasteiger partial charge in [0.25, 0.3) is 0 Å². The Morgan fingerprint density at radius 3 is 2.19 bits per heavy atom. The van der Waals surface area contributed by atoms with Gasteiger partial charge in [-0.25, -0.2) is 0 Å². The van der Waals surface area contributed by atoms with Crippen LogP contribution in [0.1, 0.15) is 58.1 Å². The summed E-state index contributed by atoms with van der Waals surface area (Å²) in [5.74, 6) is 0. The highest BCUT2D eigenvalue weighted by atomic mass is 15.1. The first-order chi connectivity index (χ1) is 9.76. The maximum Gasteiger partial charge on any atom is 0.0144 e. The summed E-state index contributed by atoms with van der Waals surface area (Å²) in [5, 5.41) is 7.52. The third-order valence-corrected chi connectivity index (χ3v) is 4.39. The molecular formula is C19H32N2. The van der Waals surface area contributed by atoms with Crippen molar-refractivity contribution in [2.45, 2.75) is 77.4 Å². The zero-order chi connectivity index (χ0) is 15.5. The van der Waals surface area contributed by atoms with E-state index in [1.54, 1.807) is 0 Å². The molecule has 1 heterocycles. The van der Waals surface area contributed by atoms with Crippen molar-refractivity contribution < 1.29 is 0 Å². The SMILES string of the molecule is Cc1ccc(CCCNC2CC(C)(C)NC(C)(C)C2)cc1. The van der Waals surface area contributed by atoms with E-state index in [2.05, 4.69) is 69.5 Å². The van der Waals surface area contributed by atoms with Crippen LogP contribution in [0.3, 0.4) is 0 Å². The zero-order valence-corrected chi connectivity index (χ0v) is 14.4. The second-order valence-electron chi connectivity index (χ2n) is 8.04. The Morgan fingerprint density at radius 1 is 1.05 bits per heavy atom. The zero-order valence-electron chi connectivity index (χ0n) is 14.4. The minimum absolute atomic E-state index is 0.233. The number of piperidine rings is 1. The summed E-state index contributed by atoms with van der Waals surface area (Å²) in [5.41, 5.74) is 3.26. The molecule has 0 aliphatic carbocycles. The second kappa shape index (κ2) is 6.50. The molecule has 1 aromatic carbocycles. The number of nitrogens with one attached hydrogen (secondary N) is 2. The van der Waals surface area contributed by atoms with Crippen LogP contribution < -0.4 is 10.6 Å². The van der Waals surface area contributed by atoms with E-state index in [0.717, 1.165) is 6.54 Å². The molecule has 1 aromatic rings. The Bertz CT molecular complexity index is 429. The molecule has 2 N–H and O–H groups in total. The van der Waals surface area contributed by atoms with Crippen molar-refractivity contribution >= 4 is 0 Å². The van der Waals surface area contributed by atoms with Crippen LogP contribution in [0.5, 0.6) is 0 Å². The molecule has 2 nitrogen and oxygen atoms in total. The number of aryl methyl sites for hydroxylation is 2. The molecule has 2 rings (SSSR count). The molecule has 0 atom stereocenters. The fraction of sp³-hybridized carbons (Fsp3) is 0.684. The number of benzene rings is 1. The van der Waals surface area contributed by atoms with Crippen LogP contribution in [-0.2, 0) is 6.42 Å².